The number of rotatable bonds is 7. The van der Waals surface area contributed by atoms with Crippen molar-refractivity contribution >= 4 is 10.0 Å². The third kappa shape index (κ3) is 6.94. The summed E-state index contributed by atoms with van der Waals surface area (Å²) < 4.78 is 29.7. The second-order valence-electron chi connectivity index (χ2n) is 2.91. The molecule has 1 atom stereocenters. The van der Waals surface area contributed by atoms with E-state index in [-0.39, 0.29) is 18.4 Å². The summed E-state index contributed by atoms with van der Waals surface area (Å²) in [4.78, 5) is 0. The lowest BCUT2D eigenvalue weighted by molar-refractivity contribution is 0.216. The van der Waals surface area contributed by atoms with Crippen LogP contribution in [0.15, 0.2) is 0 Å². The van der Waals surface area contributed by atoms with Gasteiger partial charge in [-0.1, -0.05) is 0 Å². The Bertz CT molecular complexity index is 216. The van der Waals surface area contributed by atoms with Crippen LogP contribution < -0.4 is 10.5 Å². The van der Waals surface area contributed by atoms with Crippen molar-refractivity contribution in [2.75, 3.05) is 26.0 Å². The zero-order valence-corrected chi connectivity index (χ0v) is 8.93. The van der Waals surface area contributed by atoms with Crippen LogP contribution >= 0.6 is 0 Å². The summed E-state index contributed by atoms with van der Waals surface area (Å²) in [7, 11) is -1.72. The van der Waals surface area contributed by atoms with Gasteiger partial charge in [0.15, 0.2) is 0 Å². The fourth-order valence-electron chi connectivity index (χ4n) is 0.867. The van der Waals surface area contributed by atoms with Gasteiger partial charge in [-0.15, -0.1) is 0 Å². The molecule has 0 aliphatic heterocycles. The fraction of sp³-hybridized carbons (Fsp3) is 1.00. The van der Waals surface area contributed by atoms with Crippen LogP contribution in [0.4, 0.5) is 0 Å². The average Bonchev–Trinajstić information content (AvgIpc) is 2.00. The first-order valence-corrected chi connectivity index (χ1v) is 5.86. The van der Waals surface area contributed by atoms with Crippen LogP contribution in [0.3, 0.4) is 0 Å². The SMILES string of the molecule is COCCS(=O)(=O)NC(C)CCN. The topological polar surface area (TPSA) is 81.4 Å². The van der Waals surface area contributed by atoms with Gasteiger partial charge in [0.2, 0.25) is 10.0 Å². The number of nitrogens with two attached hydrogens (primary N) is 1. The zero-order chi connectivity index (χ0) is 10.3. The van der Waals surface area contributed by atoms with E-state index in [0.717, 1.165) is 0 Å². The van der Waals surface area contributed by atoms with E-state index in [1.807, 2.05) is 0 Å². The molecule has 1 unspecified atom stereocenters. The largest absolute Gasteiger partial charge is 0.384 e. The lowest BCUT2D eigenvalue weighted by Gasteiger charge is -2.12. The van der Waals surface area contributed by atoms with Crippen LogP contribution in [0.5, 0.6) is 0 Å². The molecule has 0 radical (unpaired) electrons. The number of hydrogen-bond acceptors (Lipinski definition) is 4. The average molecular weight is 210 g/mol. The molecule has 0 heterocycles. The predicted octanol–water partition coefficient (Wildman–Crippen LogP) is -0.710. The second kappa shape index (κ2) is 6.31. The number of sulfonamides is 1. The van der Waals surface area contributed by atoms with Crippen LogP contribution in [0.1, 0.15) is 13.3 Å². The first kappa shape index (κ1) is 12.8. The standard InChI is InChI=1S/C7H18N2O3S/c1-7(3-4-8)9-13(10,11)6-5-12-2/h7,9H,3-6,8H2,1-2H3. The molecule has 0 amide bonds. The van der Waals surface area contributed by atoms with Crippen LogP contribution in [-0.2, 0) is 14.8 Å². The molecule has 0 saturated heterocycles. The third-order valence-corrected chi connectivity index (χ3v) is 3.00. The molecule has 0 aliphatic rings. The number of nitrogens with one attached hydrogen (secondary N) is 1. The molecule has 0 fully saturated rings. The second-order valence-corrected chi connectivity index (χ2v) is 4.78. The maximum atomic E-state index is 11.2. The van der Waals surface area contributed by atoms with Crippen molar-refractivity contribution in [2.45, 2.75) is 19.4 Å². The van der Waals surface area contributed by atoms with Gasteiger partial charge >= 0.3 is 0 Å². The smallest absolute Gasteiger partial charge is 0.214 e. The molecule has 13 heavy (non-hydrogen) atoms. The van der Waals surface area contributed by atoms with Gasteiger partial charge in [-0.05, 0) is 19.9 Å². The fourth-order valence-corrected chi connectivity index (χ4v) is 2.10. The summed E-state index contributed by atoms with van der Waals surface area (Å²) >= 11 is 0. The van der Waals surface area contributed by atoms with E-state index in [4.69, 9.17) is 5.73 Å². The summed E-state index contributed by atoms with van der Waals surface area (Å²) in [6, 6.07) is -0.105. The molecule has 3 N–H and O–H groups in total. The molecule has 0 aliphatic carbocycles. The summed E-state index contributed by atoms with van der Waals surface area (Å²) in [5.74, 6) is -0.00158. The maximum absolute atomic E-state index is 11.2. The van der Waals surface area contributed by atoms with Crippen molar-refractivity contribution in [3.63, 3.8) is 0 Å². The molecule has 5 nitrogen and oxygen atoms in total. The lowest BCUT2D eigenvalue weighted by atomic mass is 10.3. The summed E-state index contributed by atoms with van der Waals surface area (Å²) in [5.41, 5.74) is 5.29. The van der Waals surface area contributed by atoms with E-state index < -0.39 is 10.0 Å². The van der Waals surface area contributed by atoms with E-state index >= 15 is 0 Å². The van der Waals surface area contributed by atoms with E-state index in [1.165, 1.54) is 7.11 Å². The van der Waals surface area contributed by atoms with Crippen molar-refractivity contribution in [1.82, 2.24) is 4.72 Å². The van der Waals surface area contributed by atoms with Crippen molar-refractivity contribution < 1.29 is 13.2 Å². The van der Waals surface area contributed by atoms with Crippen LogP contribution in [0.2, 0.25) is 0 Å². The van der Waals surface area contributed by atoms with Crippen molar-refractivity contribution in [2.24, 2.45) is 5.73 Å². The first-order chi connectivity index (χ1) is 6.02. The van der Waals surface area contributed by atoms with Gasteiger partial charge in [0.05, 0.1) is 12.4 Å². The van der Waals surface area contributed by atoms with Crippen molar-refractivity contribution in [3.8, 4) is 0 Å². The van der Waals surface area contributed by atoms with Gasteiger partial charge in [-0.25, -0.2) is 13.1 Å². The molecule has 0 aromatic rings. The predicted molar refractivity (Wildman–Crippen MR) is 51.9 cm³/mol. The molecule has 0 aromatic heterocycles. The van der Waals surface area contributed by atoms with E-state index in [1.54, 1.807) is 6.92 Å². The van der Waals surface area contributed by atoms with Gasteiger partial charge in [0, 0.05) is 13.2 Å². The molecule has 6 heteroatoms. The minimum absolute atomic E-state index is 0.00158. The Balaban J connectivity index is 3.87. The summed E-state index contributed by atoms with van der Waals surface area (Å²) in [6.45, 7) is 2.48. The minimum Gasteiger partial charge on any atom is -0.384 e. The molecule has 0 rings (SSSR count). The first-order valence-electron chi connectivity index (χ1n) is 4.21. The number of methoxy groups -OCH3 is 1. The van der Waals surface area contributed by atoms with Crippen LogP contribution in [-0.4, -0.2) is 40.5 Å². The van der Waals surface area contributed by atoms with Gasteiger partial charge in [0.25, 0.3) is 0 Å². The van der Waals surface area contributed by atoms with Crippen LogP contribution in [0.25, 0.3) is 0 Å². The van der Waals surface area contributed by atoms with Gasteiger partial charge < -0.3 is 10.5 Å². The zero-order valence-electron chi connectivity index (χ0n) is 8.12. The van der Waals surface area contributed by atoms with Crippen molar-refractivity contribution in [3.05, 3.63) is 0 Å². The lowest BCUT2D eigenvalue weighted by Crippen LogP contribution is -2.36. The Morgan fingerprint density at radius 1 is 1.54 bits per heavy atom. The van der Waals surface area contributed by atoms with Gasteiger partial charge in [-0.3, -0.25) is 0 Å². The quantitative estimate of drug-likeness (QED) is 0.581. The Hall–Kier alpha value is -0.170. The highest BCUT2D eigenvalue weighted by molar-refractivity contribution is 7.89. The summed E-state index contributed by atoms with van der Waals surface area (Å²) in [6.07, 6.45) is 0.645. The monoisotopic (exact) mass is 210 g/mol. The van der Waals surface area contributed by atoms with E-state index in [9.17, 15) is 8.42 Å². The van der Waals surface area contributed by atoms with E-state index in [0.29, 0.717) is 13.0 Å². The molecular weight excluding hydrogens is 192 g/mol. The Kier molecular flexibility index (Phi) is 6.23. The normalized spacial score (nSPS) is 14.4. The molecular formula is C7H18N2O3S. The number of hydrogen-bond donors (Lipinski definition) is 2. The van der Waals surface area contributed by atoms with Gasteiger partial charge in [-0.2, -0.15) is 0 Å². The Morgan fingerprint density at radius 3 is 2.62 bits per heavy atom. The van der Waals surface area contributed by atoms with Crippen molar-refractivity contribution in [1.29, 1.82) is 0 Å². The Labute approximate surface area is 79.7 Å². The third-order valence-electron chi connectivity index (χ3n) is 1.54. The highest BCUT2D eigenvalue weighted by Gasteiger charge is 2.12. The van der Waals surface area contributed by atoms with Crippen LogP contribution in [0, 0.1) is 0 Å². The summed E-state index contributed by atoms with van der Waals surface area (Å²) in [5, 5.41) is 0. The molecule has 80 valence electrons. The highest BCUT2D eigenvalue weighted by atomic mass is 32.2. The molecule has 0 aromatic carbocycles. The van der Waals surface area contributed by atoms with Gasteiger partial charge in [0.1, 0.15) is 0 Å². The maximum Gasteiger partial charge on any atom is 0.214 e. The minimum atomic E-state index is -3.20. The van der Waals surface area contributed by atoms with E-state index in [2.05, 4.69) is 9.46 Å². The number of ether oxygens (including phenoxy) is 1. The molecule has 0 spiro atoms. The highest BCUT2D eigenvalue weighted by Crippen LogP contribution is 1.93. The Morgan fingerprint density at radius 2 is 2.15 bits per heavy atom. The molecule has 0 bridgehead atoms. The molecule has 0 saturated carbocycles.